The molecule has 3 aliphatic rings. The van der Waals surface area contributed by atoms with Crippen LogP contribution in [-0.4, -0.2) is 90.1 Å². The average Bonchev–Trinajstić information content (AvgIpc) is 3.04. The largest absolute Gasteiger partial charge is 0.480 e. The molecule has 1 atom stereocenters. The van der Waals surface area contributed by atoms with Crippen molar-refractivity contribution < 1.29 is 32.7 Å². The minimum absolute atomic E-state index is 0.0137. The number of carbonyl (C=O) groups is 4. The van der Waals surface area contributed by atoms with Crippen LogP contribution in [0.5, 0.6) is 0 Å². The number of benzene rings is 1. The van der Waals surface area contributed by atoms with Crippen LogP contribution in [0.25, 0.3) is 0 Å². The standard InChI is InChI=1S/C19H22N4O7S/c24-16-5-4-14(18(27)20-16)23-10-13-12(19(23)28)2-1-3-15(13)31(29,30)22-8-6-21(7-9-22)11-17(25)26/h1-3,14H,4-11H2,(H,25,26)(H,20,24,27). The number of carbonyl (C=O) groups excluding carboxylic acids is 3. The fraction of sp³-hybridized carbons (Fsp3) is 0.474. The molecule has 0 aromatic heterocycles. The van der Waals surface area contributed by atoms with Gasteiger partial charge in [0.15, 0.2) is 0 Å². The van der Waals surface area contributed by atoms with Gasteiger partial charge < -0.3 is 10.0 Å². The number of sulfonamides is 1. The highest BCUT2D eigenvalue weighted by Gasteiger charge is 2.42. The number of nitrogens with zero attached hydrogens (tertiary/aromatic N) is 3. The molecule has 3 aliphatic heterocycles. The summed E-state index contributed by atoms with van der Waals surface area (Å²) in [7, 11) is -3.91. The molecule has 0 aliphatic carbocycles. The van der Waals surface area contributed by atoms with Gasteiger partial charge in [0.1, 0.15) is 6.04 Å². The summed E-state index contributed by atoms with van der Waals surface area (Å²) in [5.41, 5.74) is 0.570. The van der Waals surface area contributed by atoms with Gasteiger partial charge in [-0.25, -0.2) is 8.42 Å². The van der Waals surface area contributed by atoms with Crippen molar-refractivity contribution in [2.45, 2.75) is 30.3 Å². The van der Waals surface area contributed by atoms with E-state index < -0.39 is 39.8 Å². The van der Waals surface area contributed by atoms with E-state index >= 15 is 0 Å². The maximum Gasteiger partial charge on any atom is 0.317 e. The Hall–Kier alpha value is -2.83. The normalized spacial score (nSPS) is 23.0. The topological polar surface area (TPSA) is 144 Å². The summed E-state index contributed by atoms with van der Waals surface area (Å²) in [5.74, 6) is -2.36. The lowest BCUT2D eigenvalue weighted by Crippen LogP contribution is -2.52. The summed E-state index contributed by atoms with van der Waals surface area (Å²) in [6, 6.07) is 3.65. The summed E-state index contributed by atoms with van der Waals surface area (Å²) >= 11 is 0. The molecule has 2 fully saturated rings. The third-order valence-electron chi connectivity index (χ3n) is 5.85. The number of amides is 3. The molecule has 2 saturated heterocycles. The zero-order valence-electron chi connectivity index (χ0n) is 16.6. The van der Waals surface area contributed by atoms with E-state index in [1.807, 2.05) is 0 Å². The van der Waals surface area contributed by atoms with E-state index in [2.05, 4.69) is 5.32 Å². The molecule has 166 valence electrons. The van der Waals surface area contributed by atoms with Gasteiger partial charge in [0.05, 0.1) is 11.4 Å². The second kappa shape index (κ2) is 8.02. The van der Waals surface area contributed by atoms with Crippen LogP contribution in [0.2, 0.25) is 0 Å². The number of carboxylic acids is 1. The van der Waals surface area contributed by atoms with Crippen molar-refractivity contribution in [1.29, 1.82) is 0 Å². The molecule has 12 heteroatoms. The molecule has 4 rings (SSSR count). The lowest BCUT2D eigenvalue weighted by Gasteiger charge is -2.33. The van der Waals surface area contributed by atoms with Crippen LogP contribution in [-0.2, 0) is 31.0 Å². The van der Waals surface area contributed by atoms with Crippen LogP contribution in [0.1, 0.15) is 28.8 Å². The minimum Gasteiger partial charge on any atom is -0.480 e. The smallest absolute Gasteiger partial charge is 0.317 e. The maximum absolute atomic E-state index is 13.3. The Morgan fingerprint density at radius 2 is 1.84 bits per heavy atom. The first-order valence-electron chi connectivity index (χ1n) is 9.89. The van der Waals surface area contributed by atoms with Gasteiger partial charge in [-0.1, -0.05) is 6.07 Å². The Balaban J connectivity index is 1.57. The van der Waals surface area contributed by atoms with Crippen molar-refractivity contribution >= 4 is 33.7 Å². The first-order valence-corrected chi connectivity index (χ1v) is 11.3. The summed E-state index contributed by atoms with van der Waals surface area (Å²) in [5, 5.41) is 11.1. The Morgan fingerprint density at radius 3 is 2.48 bits per heavy atom. The van der Waals surface area contributed by atoms with Gasteiger partial charge in [-0.15, -0.1) is 0 Å². The number of piperazine rings is 1. The number of nitrogens with one attached hydrogen (secondary N) is 1. The highest BCUT2D eigenvalue weighted by Crippen LogP contribution is 2.33. The zero-order valence-corrected chi connectivity index (χ0v) is 17.4. The van der Waals surface area contributed by atoms with E-state index in [1.54, 1.807) is 4.90 Å². The summed E-state index contributed by atoms with van der Waals surface area (Å²) in [6.07, 6.45) is 0.306. The van der Waals surface area contributed by atoms with E-state index in [-0.39, 0.29) is 49.5 Å². The van der Waals surface area contributed by atoms with Crippen LogP contribution in [0.3, 0.4) is 0 Å². The molecule has 1 aromatic rings. The van der Waals surface area contributed by atoms with Crippen molar-refractivity contribution in [2.24, 2.45) is 0 Å². The lowest BCUT2D eigenvalue weighted by atomic mass is 10.0. The Morgan fingerprint density at radius 1 is 1.13 bits per heavy atom. The Labute approximate surface area is 178 Å². The third kappa shape index (κ3) is 3.93. The zero-order chi connectivity index (χ0) is 22.3. The lowest BCUT2D eigenvalue weighted by molar-refractivity contribution is -0.139. The number of carboxylic acid groups (broad SMARTS) is 1. The molecule has 3 amide bonds. The summed E-state index contributed by atoms with van der Waals surface area (Å²) in [4.78, 5) is 50.4. The second-order valence-corrected chi connectivity index (χ2v) is 9.66. The number of hydrogen-bond donors (Lipinski definition) is 2. The third-order valence-corrected chi connectivity index (χ3v) is 7.83. The van der Waals surface area contributed by atoms with E-state index in [9.17, 15) is 27.6 Å². The Bertz CT molecular complexity index is 1060. The van der Waals surface area contributed by atoms with Gasteiger partial charge in [0, 0.05) is 50.3 Å². The number of rotatable bonds is 5. The average molecular weight is 450 g/mol. The van der Waals surface area contributed by atoms with E-state index in [4.69, 9.17) is 5.11 Å². The van der Waals surface area contributed by atoms with Crippen LogP contribution >= 0.6 is 0 Å². The summed E-state index contributed by atoms with van der Waals surface area (Å²) in [6.45, 7) is 0.691. The first kappa shape index (κ1) is 21.4. The van der Waals surface area contributed by atoms with Gasteiger partial charge in [-0.2, -0.15) is 4.31 Å². The van der Waals surface area contributed by atoms with Gasteiger partial charge >= 0.3 is 5.97 Å². The van der Waals surface area contributed by atoms with E-state index in [1.165, 1.54) is 27.4 Å². The molecule has 31 heavy (non-hydrogen) atoms. The fourth-order valence-electron chi connectivity index (χ4n) is 4.26. The molecule has 1 aromatic carbocycles. The van der Waals surface area contributed by atoms with Gasteiger partial charge in [0.2, 0.25) is 21.8 Å². The monoisotopic (exact) mass is 450 g/mol. The van der Waals surface area contributed by atoms with Crippen molar-refractivity contribution in [3.05, 3.63) is 29.3 Å². The minimum atomic E-state index is -3.91. The molecular formula is C19H22N4O7S. The van der Waals surface area contributed by atoms with Crippen molar-refractivity contribution in [1.82, 2.24) is 19.4 Å². The number of piperidine rings is 1. The van der Waals surface area contributed by atoms with Gasteiger partial charge in [-0.3, -0.25) is 29.4 Å². The molecule has 0 bridgehead atoms. The molecule has 0 radical (unpaired) electrons. The predicted octanol–water partition coefficient (Wildman–Crippen LogP) is -1.16. The molecule has 1 unspecified atom stereocenters. The number of hydrogen-bond acceptors (Lipinski definition) is 7. The van der Waals surface area contributed by atoms with Gasteiger partial charge in [0.25, 0.3) is 5.91 Å². The van der Waals surface area contributed by atoms with Gasteiger partial charge in [-0.05, 0) is 18.6 Å². The van der Waals surface area contributed by atoms with Crippen LogP contribution < -0.4 is 5.32 Å². The molecular weight excluding hydrogens is 428 g/mol. The van der Waals surface area contributed by atoms with Crippen molar-refractivity contribution in [3.8, 4) is 0 Å². The quantitative estimate of drug-likeness (QED) is 0.535. The molecule has 11 nitrogen and oxygen atoms in total. The van der Waals surface area contributed by atoms with E-state index in [0.29, 0.717) is 18.7 Å². The van der Waals surface area contributed by atoms with Crippen LogP contribution in [0.4, 0.5) is 0 Å². The molecule has 2 N–H and O–H groups in total. The Kier molecular flexibility index (Phi) is 5.54. The van der Waals surface area contributed by atoms with Crippen LogP contribution in [0, 0.1) is 0 Å². The predicted molar refractivity (Wildman–Crippen MR) is 105 cm³/mol. The van der Waals surface area contributed by atoms with Crippen LogP contribution in [0.15, 0.2) is 23.1 Å². The van der Waals surface area contributed by atoms with Crippen molar-refractivity contribution in [2.75, 3.05) is 32.7 Å². The molecule has 0 saturated carbocycles. The van der Waals surface area contributed by atoms with E-state index in [0.717, 1.165) is 0 Å². The fourth-order valence-corrected chi connectivity index (χ4v) is 5.92. The second-order valence-electron chi connectivity index (χ2n) is 7.76. The summed E-state index contributed by atoms with van der Waals surface area (Å²) < 4.78 is 27.9. The molecule has 0 spiro atoms. The SMILES string of the molecule is O=C(O)CN1CCN(S(=O)(=O)c2cccc3c2CN(C2CCC(=O)NC2=O)C3=O)CC1. The number of aliphatic carboxylic acids is 1. The van der Waals surface area contributed by atoms with Crippen molar-refractivity contribution in [3.63, 3.8) is 0 Å². The highest BCUT2D eigenvalue weighted by molar-refractivity contribution is 7.89. The maximum atomic E-state index is 13.3. The first-order chi connectivity index (χ1) is 14.7. The number of imide groups is 1. The molecule has 3 heterocycles. The number of fused-ring (bicyclic) bond motifs is 1. The highest BCUT2D eigenvalue weighted by atomic mass is 32.2.